The minimum atomic E-state index is -0.296. The largest absolute Gasteiger partial charge is 0.459 e. The topological polar surface area (TPSA) is 84.5 Å². The zero-order valence-corrected chi connectivity index (χ0v) is 14.5. The highest BCUT2D eigenvalue weighted by Crippen LogP contribution is 2.23. The molecule has 0 aliphatic heterocycles. The van der Waals surface area contributed by atoms with Crippen molar-refractivity contribution in [2.75, 3.05) is 0 Å². The molecule has 4 rings (SSSR count). The summed E-state index contributed by atoms with van der Waals surface area (Å²) < 4.78 is 7.65. The van der Waals surface area contributed by atoms with Gasteiger partial charge in [-0.1, -0.05) is 24.3 Å². The Labute approximate surface area is 150 Å². The number of para-hydroxylation sites is 1. The summed E-state index contributed by atoms with van der Waals surface area (Å²) in [4.78, 5) is 12.4. The molecule has 7 heteroatoms. The van der Waals surface area contributed by atoms with Crippen LogP contribution >= 0.6 is 0 Å². The monoisotopic (exact) mass is 349 g/mol. The molecule has 0 radical (unpaired) electrons. The normalized spacial score (nSPS) is 13.6. The Hall–Kier alpha value is -3.35. The van der Waals surface area contributed by atoms with Crippen molar-refractivity contribution in [1.82, 2.24) is 25.2 Å². The minimum Gasteiger partial charge on any atom is -0.459 e. The number of furan rings is 1. The second kappa shape index (κ2) is 6.51. The van der Waals surface area contributed by atoms with Gasteiger partial charge in [-0.3, -0.25) is 4.40 Å². The summed E-state index contributed by atoms with van der Waals surface area (Å²) >= 11 is 0. The number of aromatic nitrogens is 3. The highest BCUT2D eigenvalue weighted by Gasteiger charge is 2.18. The van der Waals surface area contributed by atoms with Crippen LogP contribution in [0.15, 0.2) is 59.1 Å². The van der Waals surface area contributed by atoms with E-state index in [1.165, 1.54) is 0 Å². The molecule has 26 heavy (non-hydrogen) atoms. The third kappa shape index (κ3) is 2.99. The van der Waals surface area contributed by atoms with Crippen LogP contribution in [0, 0.1) is 0 Å². The SMILES string of the molecule is C[C@H](NC(=O)N[C@@H](C)c1nnc2ccccn12)c1cc2ccccc2o1. The number of fused-ring (bicyclic) bond motifs is 2. The second-order valence-corrected chi connectivity index (χ2v) is 6.23. The smallest absolute Gasteiger partial charge is 0.315 e. The maximum absolute atomic E-state index is 12.4. The molecule has 7 nitrogen and oxygen atoms in total. The summed E-state index contributed by atoms with van der Waals surface area (Å²) in [7, 11) is 0. The zero-order chi connectivity index (χ0) is 18.1. The van der Waals surface area contributed by atoms with E-state index >= 15 is 0 Å². The molecule has 0 aliphatic carbocycles. The van der Waals surface area contributed by atoms with E-state index in [9.17, 15) is 4.79 Å². The van der Waals surface area contributed by atoms with E-state index in [1.54, 1.807) is 0 Å². The number of amides is 2. The second-order valence-electron chi connectivity index (χ2n) is 6.23. The highest BCUT2D eigenvalue weighted by atomic mass is 16.3. The van der Waals surface area contributed by atoms with Crippen LogP contribution in [0.25, 0.3) is 16.6 Å². The molecule has 0 bridgehead atoms. The Kier molecular flexibility index (Phi) is 4.04. The lowest BCUT2D eigenvalue weighted by atomic mass is 10.2. The van der Waals surface area contributed by atoms with Gasteiger partial charge in [-0.05, 0) is 38.1 Å². The first-order valence-electron chi connectivity index (χ1n) is 8.47. The van der Waals surface area contributed by atoms with Crippen molar-refractivity contribution in [2.24, 2.45) is 0 Å². The summed E-state index contributed by atoms with van der Waals surface area (Å²) in [6.07, 6.45) is 1.87. The van der Waals surface area contributed by atoms with E-state index in [1.807, 2.05) is 73.0 Å². The van der Waals surface area contributed by atoms with Crippen LogP contribution in [0.4, 0.5) is 4.79 Å². The Balaban J connectivity index is 1.44. The predicted molar refractivity (Wildman–Crippen MR) is 97.7 cm³/mol. The van der Waals surface area contributed by atoms with Crippen LogP contribution in [-0.2, 0) is 0 Å². The maximum atomic E-state index is 12.4. The van der Waals surface area contributed by atoms with Crippen molar-refractivity contribution in [3.63, 3.8) is 0 Å². The average Bonchev–Trinajstić information content (AvgIpc) is 3.25. The summed E-state index contributed by atoms with van der Waals surface area (Å²) in [6, 6.07) is 14.5. The van der Waals surface area contributed by atoms with Gasteiger partial charge in [0.15, 0.2) is 11.5 Å². The standard InChI is InChI=1S/C19H19N5O2/c1-12(16-11-14-7-3-4-8-15(14)26-16)20-19(25)21-13(2)18-23-22-17-9-5-6-10-24(17)18/h3-13H,1-2H3,(H2,20,21,25)/t12-,13-/m0/s1. The Morgan fingerprint density at radius 3 is 2.65 bits per heavy atom. The van der Waals surface area contributed by atoms with Crippen molar-refractivity contribution in [3.8, 4) is 0 Å². The molecule has 0 unspecified atom stereocenters. The van der Waals surface area contributed by atoms with Gasteiger partial charge >= 0.3 is 6.03 Å². The van der Waals surface area contributed by atoms with Crippen LogP contribution in [0.3, 0.4) is 0 Å². The van der Waals surface area contributed by atoms with Crippen LogP contribution in [0.1, 0.15) is 37.5 Å². The van der Waals surface area contributed by atoms with Gasteiger partial charge in [-0.25, -0.2) is 4.79 Å². The molecule has 2 atom stereocenters. The van der Waals surface area contributed by atoms with Crippen molar-refractivity contribution in [1.29, 1.82) is 0 Å². The zero-order valence-electron chi connectivity index (χ0n) is 14.5. The molecule has 0 spiro atoms. The average molecular weight is 349 g/mol. The van der Waals surface area contributed by atoms with E-state index in [2.05, 4.69) is 20.8 Å². The fourth-order valence-electron chi connectivity index (χ4n) is 2.94. The molecule has 0 saturated carbocycles. The van der Waals surface area contributed by atoms with E-state index in [0.717, 1.165) is 16.6 Å². The molecule has 0 fully saturated rings. The first kappa shape index (κ1) is 16.1. The molecule has 3 aromatic heterocycles. The number of hydrogen-bond acceptors (Lipinski definition) is 4. The molecular formula is C19H19N5O2. The lowest BCUT2D eigenvalue weighted by molar-refractivity contribution is 0.233. The molecule has 2 N–H and O–H groups in total. The van der Waals surface area contributed by atoms with Crippen molar-refractivity contribution >= 4 is 22.6 Å². The third-order valence-corrected chi connectivity index (χ3v) is 4.29. The molecular weight excluding hydrogens is 330 g/mol. The summed E-state index contributed by atoms with van der Waals surface area (Å²) in [6.45, 7) is 3.75. The van der Waals surface area contributed by atoms with Gasteiger partial charge in [0.2, 0.25) is 0 Å². The lowest BCUT2D eigenvalue weighted by Gasteiger charge is -2.16. The fourth-order valence-corrected chi connectivity index (χ4v) is 2.94. The molecule has 0 aliphatic rings. The maximum Gasteiger partial charge on any atom is 0.315 e. The molecule has 2 amide bonds. The minimum absolute atomic E-state index is 0.259. The number of pyridine rings is 1. The molecule has 3 heterocycles. The fraction of sp³-hybridized carbons (Fsp3) is 0.211. The summed E-state index contributed by atoms with van der Waals surface area (Å²) in [5.74, 6) is 1.38. The molecule has 0 saturated heterocycles. The third-order valence-electron chi connectivity index (χ3n) is 4.29. The van der Waals surface area contributed by atoms with Gasteiger partial charge in [0.25, 0.3) is 0 Å². The number of urea groups is 1. The molecule has 132 valence electrons. The number of benzene rings is 1. The van der Waals surface area contributed by atoms with E-state index in [4.69, 9.17) is 4.42 Å². The quantitative estimate of drug-likeness (QED) is 0.589. The van der Waals surface area contributed by atoms with Gasteiger partial charge < -0.3 is 15.1 Å². The molecule has 4 aromatic rings. The van der Waals surface area contributed by atoms with Crippen molar-refractivity contribution in [3.05, 3.63) is 66.3 Å². The van der Waals surface area contributed by atoms with Crippen molar-refractivity contribution in [2.45, 2.75) is 25.9 Å². The van der Waals surface area contributed by atoms with E-state index < -0.39 is 0 Å². The number of nitrogens with zero attached hydrogens (tertiary/aromatic N) is 3. The van der Waals surface area contributed by atoms with Gasteiger partial charge in [0, 0.05) is 11.6 Å². The van der Waals surface area contributed by atoms with Crippen LogP contribution in [0.2, 0.25) is 0 Å². The van der Waals surface area contributed by atoms with Crippen LogP contribution in [-0.4, -0.2) is 20.6 Å². The van der Waals surface area contributed by atoms with Gasteiger partial charge in [-0.2, -0.15) is 0 Å². The summed E-state index contributed by atoms with van der Waals surface area (Å²) in [5, 5.41) is 15.1. The van der Waals surface area contributed by atoms with Gasteiger partial charge in [0.1, 0.15) is 11.3 Å². The van der Waals surface area contributed by atoms with Crippen LogP contribution in [0.5, 0.6) is 0 Å². The number of hydrogen-bond donors (Lipinski definition) is 2. The number of carbonyl (C=O) groups is 1. The van der Waals surface area contributed by atoms with Crippen LogP contribution < -0.4 is 10.6 Å². The van der Waals surface area contributed by atoms with E-state index in [0.29, 0.717) is 11.6 Å². The highest BCUT2D eigenvalue weighted by molar-refractivity contribution is 5.78. The number of rotatable bonds is 4. The Morgan fingerprint density at radius 2 is 1.81 bits per heavy atom. The first-order chi connectivity index (χ1) is 12.6. The predicted octanol–water partition coefficient (Wildman–Crippen LogP) is 3.60. The first-order valence-corrected chi connectivity index (χ1v) is 8.47. The van der Waals surface area contributed by atoms with E-state index in [-0.39, 0.29) is 18.1 Å². The number of nitrogens with one attached hydrogen (secondary N) is 2. The number of carbonyl (C=O) groups excluding carboxylic acids is 1. The summed E-state index contributed by atoms with van der Waals surface area (Å²) in [5.41, 5.74) is 1.55. The van der Waals surface area contributed by atoms with Crippen molar-refractivity contribution < 1.29 is 9.21 Å². The Morgan fingerprint density at radius 1 is 1.04 bits per heavy atom. The molecule has 1 aromatic carbocycles. The lowest BCUT2D eigenvalue weighted by Crippen LogP contribution is -2.38. The van der Waals surface area contributed by atoms with Gasteiger partial charge in [-0.15, -0.1) is 10.2 Å². The Bertz CT molecular complexity index is 1030. The van der Waals surface area contributed by atoms with Gasteiger partial charge in [0.05, 0.1) is 12.1 Å².